The van der Waals surface area contributed by atoms with Gasteiger partial charge in [0.15, 0.2) is 0 Å². The number of nitrogens with two attached hydrogens (primary N) is 1. The molecule has 0 aliphatic rings. The molecule has 0 saturated carbocycles. The molecule has 0 aromatic carbocycles. The molecule has 0 aromatic heterocycles. The Morgan fingerprint density at radius 3 is 2.25 bits per heavy atom. The first kappa shape index (κ1) is 7.88. The van der Waals surface area contributed by atoms with Crippen LogP contribution in [0.2, 0.25) is 0 Å². The van der Waals surface area contributed by atoms with Crippen LogP contribution in [0.25, 0.3) is 0 Å². The van der Waals surface area contributed by atoms with Crippen LogP contribution >= 0.6 is 0 Å². The molecule has 0 fully saturated rings. The molecule has 0 amide bonds. The van der Waals surface area contributed by atoms with Crippen LogP contribution in [0.4, 0.5) is 0 Å². The maximum Gasteiger partial charge on any atom is 0.0251 e. The maximum absolute atomic E-state index is 5.09. The number of nitrogens with one attached hydrogen (secondary N) is 1. The van der Waals surface area contributed by atoms with Crippen LogP contribution in [-0.2, 0) is 0 Å². The summed E-state index contributed by atoms with van der Waals surface area (Å²) in [5.41, 5.74) is 2.61. The van der Waals surface area contributed by atoms with Crippen molar-refractivity contribution >= 4 is 0 Å². The van der Waals surface area contributed by atoms with Gasteiger partial charge in [0, 0.05) is 12.6 Å². The summed E-state index contributed by atoms with van der Waals surface area (Å²) < 4.78 is 0. The van der Waals surface area contributed by atoms with Crippen LogP contribution in [0.15, 0.2) is 0 Å². The molecule has 0 aromatic rings. The average Bonchev–Trinajstić information content (AvgIpc) is 1.67. The minimum atomic E-state index is 0.514. The Balaban J connectivity index is 3.17. The van der Waals surface area contributed by atoms with Gasteiger partial charge in [0.1, 0.15) is 0 Å². The summed E-state index contributed by atoms with van der Waals surface area (Å²) in [6, 6.07) is 0.514. The van der Waals surface area contributed by atoms with E-state index in [-0.39, 0.29) is 0 Å². The van der Waals surface area contributed by atoms with Crippen molar-refractivity contribution in [2.75, 3.05) is 20.6 Å². The number of nitrogens with zero attached hydrogens (tertiary/aromatic N) is 1. The predicted molar refractivity (Wildman–Crippen MR) is 35.3 cm³/mol. The zero-order valence-corrected chi connectivity index (χ0v) is 5.81. The van der Waals surface area contributed by atoms with Crippen LogP contribution in [-0.4, -0.2) is 31.6 Å². The standard InChI is InChI=1S/C5H15N3/c1-5(4-7-6)8(2)3/h5,7H,4,6H2,1-3H3. The van der Waals surface area contributed by atoms with Gasteiger partial charge in [-0.25, -0.2) is 0 Å². The van der Waals surface area contributed by atoms with Gasteiger partial charge in [0.2, 0.25) is 0 Å². The highest BCUT2D eigenvalue weighted by Gasteiger charge is 1.99. The molecule has 3 nitrogen and oxygen atoms in total. The quantitative estimate of drug-likeness (QED) is 0.383. The highest BCUT2D eigenvalue weighted by molar-refractivity contribution is 4.58. The van der Waals surface area contributed by atoms with E-state index in [0.29, 0.717) is 6.04 Å². The van der Waals surface area contributed by atoms with Gasteiger partial charge in [-0.2, -0.15) is 0 Å². The minimum absolute atomic E-state index is 0.514. The zero-order chi connectivity index (χ0) is 6.57. The van der Waals surface area contributed by atoms with Crippen LogP contribution in [0.1, 0.15) is 6.92 Å². The van der Waals surface area contributed by atoms with E-state index in [0.717, 1.165) is 6.54 Å². The summed E-state index contributed by atoms with van der Waals surface area (Å²) in [5.74, 6) is 5.09. The van der Waals surface area contributed by atoms with Crippen molar-refractivity contribution in [1.29, 1.82) is 0 Å². The molecular weight excluding hydrogens is 102 g/mol. The monoisotopic (exact) mass is 117 g/mol. The lowest BCUT2D eigenvalue weighted by molar-refractivity contribution is 0.304. The van der Waals surface area contributed by atoms with E-state index in [1.54, 1.807) is 0 Å². The Morgan fingerprint density at radius 1 is 1.62 bits per heavy atom. The molecule has 0 rings (SSSR count). The maximum atomic E-state index is 5.09. The zero-order valence-electron chi connectivity index (χ0n) is 5.81. The van der Waals surface area contributed by atoms with Crippen molar-refractivity contribution in [3.05, 3.63) is 0 Å². The van der Waals surface area contributed by atoms with Crippen LogP contribution in [0.3, 0.4) is 0 Å². The van der Waals surface area contributed by atoms with E-state index < -0.39 is 0 Å². The molecule has 1 unspecified atom stereocenters. The number of hydrogen-bond acceptors (Lipinski definition) is 3. The molecule has 0 aliphatic carbocycles. The van der Waals surface area contributed by atoms with E-state index in [9.17, 15) is 0 Å². The summed E-state index contributed by atoms with van der Waals surface area (Å²) in [7, 11) is 4.06. The van der Waals surface area contributed by atoms with Crippen LogP contribution < -0.4 is 11.3 Å². The van der Waals surface area contributed by atoms with Gasteiger partial charge in [-0.15, -0.1) is 0 Å². The molecule has 8 heavy (non-hydrogen) atoms. The third-order valence-electron chi connectivity index (χ3n) is 1.29. The predicted octanol–water partition coefficient (Wildman–Crippen LogP) is -0.600. The highest BCUT2D eigenvalue weighted by atomic mass is 15.2. The van der Waals surface area contributed by atoms with Gasteiger partial charge < -0.3 is 4.90 Å². The average molecular weight is 117 g/mol. The first-order valence-electron chi connectivity index (χ1n) is 2.78. The second-order valence-corrected chi connectivity index (χ2v) is 2.22. The van der Waals surface area contributed by atoms with Gasteiger partial charge in [-0.3, -0.25) is 11.3 Å². The van der Waals surface area contributed by atoms with E-state index in [4.69, 9.17) is 5.84 Å². The summed E-state index contributed by atoms with van der Waals surface area (Å²) in [4.78, 5) is 2.11. The SMILES string of the molecule is CC(CNN)N(C)C. The highest BCUT2D eigenvalue weighted by Crippen LogP contribution is 1.85. The fourth-order valence-electron chi connectivity index (χ4n) is 0.353. The number of hydrogen-bond donors (Lipinski definition) is 2. The lowest BCUT2D eigenvalue weighted by atomic mass is 10.3. The molecule has 0 radical (unpaired) electrons. The van der Waals surface area contributed by atoms with Crippen molar-refractivity contribution in [3.8, 4) is 0 Å². The van der Waals surface area contributed by atoms with Crippen LogP contribution in [0.5, 0.6) is 0 Å². The molecule has 0 spiro atoms. The molecule has 1 atom stereocenters. The third kappa shape index (κ3) is 2.96. The Hall–Kier alpha value is -0.120. The Labute approximate surface area is 50.8 Å². The molecular formula is C5H15N3. The Morgan fingerprint density at radius 2 is 2.12 bits per heavy atom. The van der Waals surface area contributed by atoms with E-state index in [1.807, 2.05) is 14.1 Å². The Kier molecular flexibility index (Phi) is 3.77. The summed E-state index contributed by atoms with van der Waals surface area (Å²) in [6.07, 6.45) is 0. The second-order valence-electron chi connectivity index (χ2n) is 2.22. The van der Waals surface area contributed by atoms with Crippen molar-refractivity contribution < 1.29 is 0 Å². The van der Waals surface area contributed by atoms with Gasteiger partial charge in [-0.05, 0) is 21.0 Å². The summed E-state index contributed by atoms with van der Waals surface area (Å²) >= 11 is 0. The van der Waals surface area contributed by atoms with Gasteiger partial charge >= 0.3 is 0 Å². The number of likely N-dealkylation sites (N-methyl/N-ethyl adjacent to an activating group) is 1. The normalized spacial score (nSPS) is 14.6. The lowest BCUT2D eigenvalue weighted by Crippen LogP contribution is -2.38. The van der Waals surface area contributed by atoms with Gasteiger partial charge in [0.25, 0.3) is 0 Å². The molecule has 50 valence electrons. The molecule has 0 heterocycles. The van der Waals surface area contributed by atoms with Gasteiger partial charge in [-0.1, -0.05) is 0 Å². The van der Waals surface area contributed by atoms with Crippen molar-refractivity contribution in [2.45, 2.75) is 13.0 Å². The molecule has 0 aliphatic heterocycles. The molecule has 0 saturated heterocycles. The smallest absolute Gasteiger partial charge is 0.0251 e. The third-order valence-corrected chi connectivity index (χ3v) is 1.29. The molecule has 3 N–H and O–H groups in total. The summed E-state index contributed by atoms with van der Waals surface area (Å²) in [5, 5.41) is 0. The lowest BCUT2D eigenvalue weighted by Gasteiger charge is -2.18. The van der Waals surface area contributed by atoms with Gasteiger partial charge in [0.05, 0.1) is 0 Å². The Bertz CT molecular complexity index is 53.6. The first-order valence-corrected chi connectivity index (χ1v) is 2.78. The fraction of sp³-hybridized carbons (Fsp3) is 1.00. The fourth-order valence-corrected chi connectivity index (χ4v) is 0.353. The van der Waals surface area contributed by atoms with E-state index in [2.05, 4.69) is 17.2 Å². The van der Waals surface area contributed by atoms with E-state index >= 15 is 0 Å². The van der Waals surface area contributed by atoms with Crippen molar-refractivity contribution in [3.63, 3.8) is 0 Å². The summed E-state index contributed by atoms with van der Waals surface area (Å²) in [6.45, 7) is 2.95. The minimum Gasteiger partial charge on any atom is -0.305 e. The number of hydrazine groups is 1. The van der Waals surface area contributed by atoms with E-state index in [1.165, 1.54) is 0 Å². The topological polar surface area (TPSA) is 41.3 Å². The first-order chi connectivity index (χ1) is 3.68. The second kappa shape index (κ2) is 3.83. The largest absolute Gasteiger partial charge is 0.305 e. The van der Waals surface area contributed by atoms with Crippen molar-refractivity contribution in [1.82, 2.24) is 10.3 Å². The van der Waals surface area contributed by atoms with Crippen molar-refractivity contribution in [2.24, 2.45) is 5.84 Å². The molecule has 3 heteroatoms. The molecule has 0 bridgehead atoms. The number of rotatable bonds is 3. The van der Waals surface area contributed by atoms with Crippen LogP contribution in [0, 0.1) is 0 Å².